The van der Waals surface area contributed by atoms with Crippen molar-refractivity contribution in [2.24, 2.45) is 7.05 Å². The average molecular weight is 359 g/mol. The standard InChI is InChI=1S/C18H25N5O3/c1-22-11-13(5-7-16(22)24)20-17(25)12-4-6-15-14(10-12)21-18(23(15)2)19-8-9-26-3/h4,6,10,13H,5,7-9,11H2,1-3H3,(H,19,21)(H,20,25)/t13-/m1/s1. The number of hydrogen-bond donors (Lipinski definition) is 2. The van der Waals surface area contributed by atoms with Gasteiger partial charge < -0.3 is 24.8 Å². The van der Waals surface area contributed by atoms with E-state index in [1.54, 1.807) is 31.2 Å². The fourth-order valence-corrected chi connectivity index (χ4v) is 3.16. The highest BCUT2D eigenvalue weighted by Gasteiger charge is 2.24. The lowest BCUT2D eigenvalue weighted by molar-refractivity contribution is -0.132. The van der Waals surface area contributed by atoms with Gasteiger partial charge in [0, 0.05) is 52.3 Å². The molecule has 1 aliphatic heterocycles. The number of imidazole rings is 1. The number of carbonyl (C=O) groups excluding carboxylic acids is 2. The third-order valence-electron chi connectivity index (χ3n) is 4.69. The second-order valence-corrected chi connectivity index (χ2v) is 6.60. The molecule has 1 aromatic carbocycles. The zero-order valence-electron chi connectivity index (χ0n) is 15.4. The van der Waals surface area contributed by atoms with Crippen LogP contribution in [0.1, 0.15) is 23.2 Å². The number of amides is 2. The molecule has 1 fully saturated rings. The fourth-order valence-electron chi connectivity index (χ4n) is 3.16. The van der Waals surface area contributed by atoms with Crippen LogP contribution in [0.2, 0.25) is 0 Å². The van der Waals surface area contributed by atoms with Crippen molar-refractivity contribution < 1.29 is 14.3 Å². The molecule has 0 aliphatic carbocycles. The summed E-state index contributed by atoms with van der Waals surface area (Å²) < 4.78 is 6.99. The van der Waals surface area contributed by atoms with Crippen molar-refractivity contribution in [3.05, 3.63) is 23.8 Å². The summed E-state index contributed by atoms with van der Waals surface area (Å²) in [6.07, 6.45) is 1.14. The predicted molar refractivity (Wildman–Crippen MR) is 99.2 cm³/mol. The first-order valence-electron chi connectivity index (χ1n) is 8.73. The molecule has 3 rings (SSSR count). The number of anilines is 1. The van der Waals surface area contributed by atoms with Gasteiger partial charge in [0.25, 0.3) is 5.91 Å². The topological polar surface area (TPSA) is 88.5 Å². The van der Waals surface area contributed by atoms with Gasteiger partial charge in [-0.25, -0.2) is 4.98 Å². The Balaban J connectivity index is 1.71. The zero-order chi connectivity index (χ0) is 18.7. The first kappa shape index (κ1) is 18.2. The highest BCUT2D eigenvalue weighted by atomic mass is 16.5. The summed E-state index contributed by atoms with van der Waals surface area (Å²) in [7, 11) is 5.35. The van der Waals surface area contributed by atoms with Crippen molar-refractivity contribution in [1.29, 1.82) is 0 Å². The Kier molecular flexibility index (Phi) is 5.41. The molecular formula is C18H25N5O3. The molecule has 1 aromatic heterocycles. The summed E-state index contributed by atoms with van der Waals surface area (Å²) in [5, 5.41) is 6.23. The van der Waals surface area contributed by atoms with E-state index in [1.165, 1.54) is 0 Å². The molecule has 2 amide bonds. The van der Waals surface area contributed by atoms with E-state index in [0.717, 1.165) is 17.0 Å². The number of nitrogens with one attached hydrogen (secondary N) is 2. The minimum absolute atomic E-state index is 0.0177. The molecule has 8 nitrogen and oxygen atoms in total. The Hall–Kier alpha value is -2.61. The second-order valence-electron chi connectivity index (χ2n) is 6.60. The van der Waals surface area contributed by atoms with Gasteiger partial charge in [-0.3, -0.25) is 9.59 Å². The van der Waals surface area contributed by atoms with Gasteiger partial charge in [0.2, 0.25) is 11.9 Å². The first-order chi connectivity index (χ1) is 12.5. The predicted octanol–water partition coefficient (Wildman–Crippen LogP) is 0.982. The van der Waals surface area contributed by atoms with Crippen LogP contribution < -0.4 is 10.6 Å². The summed E-state index contributed by atoms with van der Waals surface area (Å²) in [6.45, 7) is 1.80. The minimum atomic E-state index is -0.140. The van der Waals surface area contributed by atoms with Gasteiger partial charge in [-0.1, -0.05) is 0 Å². The molecule has 0 bridgehead atoms. The van der Waals surface area contributed by atoms with E-state index in [-0.39, 0.29) is 17.9 Å². The Bertz CT molecular complexity index is 817. The molecule has 140 valence electrons. The van der Waals surface area contributed by atoms with Gasteiger partial charge in [-0.15, -0.1) is 0 Å². The number of likely N-dealkylation sites (N-methyl/N-ethyl adjacent to an activating group) is 1. The number of benzene rings is 1. The Labute approximate surface area is 152 Å². The smallest absolute Gasteiger partial charge is 0.251 e. The molecule has 1 saturated heterocycles. The fraction of sp³-hybridized carbons (Fsp3) is 0.500. The van der Waals surface area contributed by atoms with Crippen LogP contribution in [0.4, 0.5) is 5.95 Å². The van der Waals surface area contributed by atoms with Gasteiger partial charge in [-0.05, 0) is 24.6 Å². The van der Waals surface area contributed by atoms with Crippen LogP contribution in [-0.4, -0.2) is 66.2 Å². The Morgan fingerprint density at radius 1 is 1.38 bits per heavy atom. The van der Waals surface area contributed by atoms with E-state index in [0.29, 0.717) is 38.1 Å². The maximum Gasteiger partial charge on any atom is 0.251 e. The van der Waals surface area contributed by atoms with E-state index in [1.807, 2.05) is 17.7 Å². The second kappa shape index (κ2) is 7.74. The van der Waals surface area contributed by atoms with Crippen molar-refractivity contribution in [2.45, 2.75) is 18.9 Å². The van der Waals surface area contributed by atoms with Crippen molar-refractivity contribution >= 4 is 28.8 Å². The van der Waals surface area contributed by atoms with Gasteiger partial charge in [0.1, 0.15) is 0 Å². The van der Waals surface area contributed by atoms with Crippen molar-refractivity contribution in [2.75, 3.05) is 39.2 Å². The number of methoxy groups -OCH3 is 1. The van der Waals surface area contributed by atoms with Crippen LogP contribution in [0.3, 0.4) is 0 Å². The maximum absolute atomic E-state index is 12.6. The molecule has 1 atom stereocenters. The summed E-state index contributed by atoms with van der Waals surface area (Å²) in [4.78, 5) is 30.3. The molecule has 0 unspecified atom stereocenters. The number of nitrogens with zero attached hydrogens (tertiary/aromatic N) is 3. The molecule has 2 heterocycles. The number of aryl methyl sites for hydroxylation is 1. The average Bonchev–Trinajstić information content (AvgIpc) is 2.94. The van der Waals surface area contributed by atoms with Crippen LogP contribution in [-0.2, 0) is 16.6 Å². The molecule has 2 N–H and O–H groups in total. The van der Waals surface area contributed by atoms with Gasteiger partial charge >= 0.3 is 0 Å². The van der Waals surface area contributed by atoms with E-state index in [2.05, 4.69) is 15.6 Å². The molecule has 8 heteroatoms. The van der Waals surface area contributed by atoms with Crippen LogP contribution in [0, 0.1) is 0 Å². The van der Waals surface area contributed by atoms with Crippen molar-refractivity contribution in [3.63, 3.8) is 0 Å². The minimum Gasteiger partial charge on any atom is -0.383 e. The summed E-state index contributed by atoms with van der Waals surface area (Å²) in [6, 6.07) is 5.48. The number of aromatic nitrogens is 2. The number of rotatable bonds is 6. The molecule has 2 aromatic rings. The van der Waals surface area contributed by atoms with Crippen LogP contribution in [0.25, 0.3) is 11.0 Å². The third-order valence-corrected chi connectivity index (χ3v) is 4.69. The first-order valence-corrected chi connectivity index (χ1v) is 8.73. The SMILES string of the molecule is COCCNc1nc2cc(C(=O)N[C@@H]3CCC(=O)N(C)C3)ccc2n1C. The molecule has 1 aliphatic rings. The van der Waals surface area contributed by atoms with E-state index in [9.17, 15) is 9.59 Å². The van der Waals surface area contributed by atoms with Crippen molar-refractivity contribution in [1.82, 2.24) is 19.8 Å². The van der Waals surface area contributed by atoms with E-state index in [4.69, 9.17) is 4.74 Å². The molecule has 0 saturated carbocycles. The number of likely N-dealkylation sites (tertiary alicyclic amines) is 1. The lowest BCUT2D eigenvalue weighted by Gasteiger charge is -2.30. The van der Waals surface area contributed by atoms with E-state index < -0.39 is 0 Å². The molecule has 26 heavy (non-hydrogen) atoms. The molecular weight excluding hydrogens is 334 g/mol. The van der Waals surface area contributed by atoms with Gasteiger partial charge in [0.05, 0.1) is 17.6 Å². The molecule has 0 radical (unpaired) electrons. The number of hydrogen-bond acceptors (Lipinski definition) is 5. The largest absolute Gasteiger partial charge is 0.383 e. The van der Waals surface area contributed by atoms with Gasteiger partial charge in [-0.2, -0.15) is 0 Å². The number of piperidine rings is 1. The van der Waals surface area contributed by atoms with Crippen LogP contribution in [0.15, 0.2) is 18.2 Å². The van der Waals surface area contributed by atoms with Crippen LogP contribution >= 0.6 is 0 Å². The van der Waals surface area contributed by atoms with Crippen LogP contribution in [0.5, 0.6) is 0 Å². The lowest BCUT2D eigenvalue weighted by Crippen LogP contribution is -2.48. The molecule has 0 spiro atoms. The normalized spacial score (nSPS) is 17.6. The van der Waals surface area contributed by atoms with E-state index >= 15 is 0 Å². The quantitative estimate of drug-likeness (QED) is 0.751. The highest BCUT2D eigenvalue weighted by molar-refractivity contribution is 5.98. The lowest BCUT2D eigenvalue weighted by atomic mass is 10.0. The number of ether oxygens (including phenoxy) is 1. The monoisotopic (exact) mass is 359 g/mol. The highest BCUT2D eigenvalue weighted by Crippen LogP contribution is 2.20. The summed E-state index contributed by atoms with van der Waals surface area (Å²) >= 11 is 0. The van der Waals surface area contributed by atoms with Crippen molar-refractivity contribution in [3.8, 4) is 0 Å². The Morgan fingerprint density at radius 2 is 2.19 bits per heavy atom. The number of carbonyl (C=O) groups is 2. The number of fused-ring (bicyclic) bond motifs is 1. The Morgan fingerprint density at radius 3 is 2.92 bits per heavy atom. The summed E-state index contributed by atoms with van der Waals surface area (Å²) in [5.74, 6) is 0.722. The third kappa shape index (κ3) is 3.80. The summed E-state index contributed by atoms with van der Waals surface area (Å²) in [5.41, 5.74) is 2.28. The zero-order valence-corrected chi connectivity index (χ0v) is 15.4. The van der Waals surface area contributed by atoms with Gasteiger partial charge in [0.15, 0.2) is 0 Å². The maximum atomic E-state index is 12.6.